The Morgan fingerprint density at radius 2 is 1.14 bits per heavy atom. The number of rotatable bonds is 7. The van der Waals surface area contributed by atoms with Crippen molar-refractivity contribution in [2.45, 2.75) is 12.4 Å². The monoisotopic (exact) mass is 326 g/mol. The van der Waals surface area contributed by atoms with Gasteiger partial charge in [0, 0.05) is 18.8 Å². The second-order valence-electron chi connectivity index (χ2n) is 3.79. The van der Waals surface area contributed by atoms with Gasteiger partial charge in [-0.05, 0) is 6.42 Å². The van der Waals surface area contributed by atoms with Gasteiger partial charge in [0.1, 0.15) is 0 Å². The third kappa shape index (κ3) is 12.0. The van der Waals surface area contributed by atoms with Gasteiger partial charge in [-0.25, -0.2) is 9.59 Å². The van der Waals surface area contributed by atoms with Crippen LogP contribution in [0.3, 0.4) is 0 Å². The van der Waals surface area contributed by atoms with E-state index in [-0.39, 0.29) is 6.42 Å². The first-order valence-corrected chi connectivity index (χ1v) is 5.68. The van der Waals surface area contributed by atoms with E-state index in [0.29, 0.717) is 0 Å². The van der Waals surface area contributed by atoms with E-state index in [2.05, 4.69) is 13.2 Å². The van der Waals surface area contributed by atoms with Crippen molar-refractivity contribution >= 4 is 11.9 Å². The molecule has 0 heterocycles. The highest BCUT2D eigenvalue weighted by Gasteiger charge is 2.47. The van der Waals surface area contributed by atoms with Crippen LogP contribution in [0.2, 0.25) is 0 Å². The van der Waals surface area contributed by atoms with Gasteiger partial charge in [-0.3, -0.25) is 0 Å². The van der Waals surface area contributed by atoms with E-state index in [0.717, 1.165) is 12.2 Å². The Morgan fingerprint density at radius 1 is 0.864 bits per heavy atom. The van der Waals surface area contributed by atoms with E-state index in [4.69, 9.17) is 40.9 Å². The summed E-state index contributed by atoms with van der Waals surface area (Å²) in [5.74, 6) is -5.16. The zero-order valence-corrected chi connectivity index (χ0v) is 11.8. The maximum atomic E-state index is 9.25. The first kappa shape index (κ1) is 25.2. The second kappa shape index (κ2) is 12.9. The van der Waals surface area contributed by atoms with Crippen LogP contribution in [0.25, 0.3) is 0 Å². The number of carboxylic acid groups (broad SMARTS) is 2. The number of hydrogen-bond acceptors (Lipinski definition) is 8. The summed E-state index contributed by atoms with van der Waals surface area (Å²) in [6.07, 6.45) is 1.35. The molecule has 0 amide bonds. The molecule has 0 aromatic heterocycles. The molecule has 0 spiro atoms. The number of carboxylic acids is 2. The van der Waals surface area contributed by atoms with Gasteiger partial charge < -0.3 is 40.9 Å². The molecule has 130 valence electrons. The number of carbonyl (C=O) groups is 2. The van der Waals surface area contributed by atoms with Gasteiger partial charge in [-0.1, -0.05) is 13.2 Å². The topological polar surface area (TPSA) is 196 Å². The van der Waals surface area contributed by atoms with Crippen molar-refractivity contribution in [2.75, 3.05) is 19.8 Å². The normalized spacial score (nSPS) is 10.3. The van der Waals surface area contributed by atoms with Gasteiger partial charge in [-0.2, -0.15) is 0 Å². The van der Waals surface area contributed by atoms with Crippen molar-refractivity contribution in [3.05, 3.63) is 25.3 Å². The van der Waals surface area contributed by atoms with E-state index in [1.165, 1.54) is 0 Å². The van der Waals surface area contributed by atoms with Crippen molar-refractivity contribution in [1.82, 2.24) is 0 Å². The summed E-state index contributed by atoms with van der Waals surface area (Å²) in [6, 6.07) is 0. The second-order valence-corrected chi connectivity index (χ2v) is 3.79. The molecule has 0 unspecified atom stereocenters. The van der Waals surface area contributed by atoms with Gasteiger partial charge >= 0.3 is 11.9 Å². The molecule has 22 heavy (non-hydrogen) atoms. The molecule has 0 radical (unpaired) electrons. The van der Waals surface area contributed by atoms with Crippen LogP contribution in [-0.2, 0) is 9.59 Å². The Bertz CT molecular complexity index is 322. The van der Waals surface area contributed by atoms with Gasteiger partial charge in [0.15, 0.2) is 0 Å². The molecular weight excluding hydrogens is 304 g/mol. The fraction of sp³-hybridized carbons (Fsp3) is 0.500. The zero-order valence-electron chi connectivity index (χ0n) is 11.8. The molecule has 10 heteroatoms. The maximum absolute atomic E-state index is 9.25. The van der Waals surface area contributed by atoms with E-state index >= 15 is 0 Å². The SMILES string of the molecule is C=CC(=O)O.C=CC(=O)O.OCCC(CO)(CO)C(O)(O)O. The van der Waals surface area contributed by atoms with Crippen molar-refractivity contribution < 1.29 is 50.4 Å². The lowest BCUT2D eigenvalue weighted by molar-refractivity contribution is -0.387. The largest absolute Gasteiger partial charge is 0.478 e. The fourth-order valence-electron chi connectivity index (χ4n) is 0.802. The first-order chi connectivity index (χ1) is 9.97. The number of hydrogen-bond donors (Lipinski definition) is 8. The Morgan fingerprint density at radius 3 is 1.18 bits per heavy atom. The molecule has 0 aromatic rings. The van der Waals surface area contributed by atoms with Crippen LogP contribution in [-0.4, -0.2) is 78.6 Å². The Hall–Kier alpha value is -1.82. The van der Waals surface area contributed by atoms with Crippen LogP contribution in [0.5, 0.6) is 0 Å². The van der Waals surface area contributed by atoms with Crippen molar-refractivity contribution in [3.63, 3.8) is 0 Å². The molecule has 0 aliphatic rings. The Balaban J connectivity index is -0.000000298. The number of aliphatic carboxylic acids is 2. The molecule has 0 aliphatic carbocycles. The summed E-state index contributed by atoms with van der Waals surface area (Å²) in [7, 11) is 0. The molecule has 0 rings (SSSR count). The summed E-state index contributed by atoms with van der Waals surface area (Å²) >= 11 is 0. The molecule has 0 bridgehead atoms. The highest BCUT2D eigenvalue weighted by molar-refractivity contribution is 5.79. The highest BCUT2D eigenvalue weighted by Crippen LogP contribution is 2.30. The van der Waals surface area contributed by atoms with Crippen molar-refractivity contribution in [1.29, 1.82) is 0 Å². The predicted molar refractivity (Wildman–Crippen MR) is 73.4 cm³/mol. The quantitative estimate of drug-likeness (QED) is 0.183. The molecule has 0 fully saturated rings. The number of aliphatic hydroxyl groups is 6. The Labute approximate surface area is 126 Å². The lowest BCUT2D eigenvalue weighted by Gasteiger charge is -2.36. The minimum absolute atomic E-state index is 0.316. The van der Waals surface area contributed by atoms with Gasteiger partial charge in [0.05, 0.1) is 18.6 Å². The summed E-state index contributed by atoms with van der Waals surface area (Å²) in [5, 5.41) is 67.3. The third-order valence-corrected chi connectivity index (χ3v) is 2.26. The predicted octanol–water partition coefficient (Wildman–Crippen LogP) is -2.52. The Kier molecular flexibility index (Phi) is 14.7. The standard InChI is InChI=1S/C6H14O6.2C3H4O2/c7-2-1-5(3-8,4-9)6(10,11)12;2*1-2-3(4)5/h7-12H,1-4H2;2*2H,1H2,(H,4,5). The zero-order chi connectivity index (χ0) is 18.4. The van der Waals surface area contributed by atoms with E-state index in [1.54, 1.807) is 0 Å². The minimum Gasteiger partial charge on any atom is -0.478 e. The van der Waals surface area contributed by atoms with Crippen LogP contribution in [0.15, 0.2) is 25.3 Å². The average Bonchev–Trinajstić information content (AvgIpc) is 2.44. The first-order valence-electron chi connectivity index (χ1n) is 5.68. The van der Waals surface area contributed by atoms with E-state index < -0.39 is 43.1 Å². The van der Waals surface area contributed by atoms with Crippen LogP contribution in [0.4, 0.5) is 0 Å². The third-order valence-electron chi connectivity index (χ3n) is 2.26. The van der Waals surface area contributed by atoms with Gasteiger partial charge in [-0.15, -0.1) is 0 Å². The molecular formula is C12H22O10. The molecule has 0 atom stereocenters. The van der Waals surface area contributed by atoms with Crippen LogP contribution in [0.1, 0.15) is 6.42 Å². The van der Waals surface area contributed by atoms with E-state index in [9.17, 15) is 9.59 Å². The molecule has 0 aliphatic heterocycles. The summed E-state index contributed by atoms with van der Waals surface area (Å²) in [4.78, 5) is 18.5. The van der Waals surface area contributed by atoms with Crippen LogP contribution < -0.4 is 0 Å². The lowest BCUT2D eigenvalue weighted by Crippen LogP contribution is -2.53. The van der Waals surface area contributed by atoms with Gasteiger partial charge in [0.25, 0.3) is 5.97 Å². The van der Waals surface area contributed by atoms with Gasteiger partial charge in [0.2, 0.25) is 0 Å². The molecule has 10 nitrogen and oxygen atoms in total. The molecule has 0 aromatic carbocycles. The molecule has 8 N–H and O–H groups in total. The molecule has 0 saturated heterocycles. The van der Waals surface area contributed by atoms with Crippen molar-refractivity contribution in [2.24, 2.45) is 5.41 Å². The van der Waals surface area contributed by atoms with Crippen LogP contribution >= 0.6 is 0 Å². The van der Waals surface area contributed by atoms with Crippen molar-refractivity contribution in [3.8, 4) is 0 Å². The smallest absolute Gasteiger partial charge is 0.327 e. The molecule has 0 saturated carbocycles. The van der Waals surface area contributed by atoms with Crippen LogP contribution in [0, 0.1) is 5.41 Å². The minimum atomic E-state index is -3.20. The maximum Gasteiger partial charge on any atom is 0.327 e. The summed E-state index contributed by atoms with van der Waals surface area (Å²) in [6.45, 7) is 3.76. The summed E-state index contributed by atoms with van der Waals surface area (Å²) < 4.78 is 0. The highest BCUT2D eigenvalue weighted by atomic mass is 16.7. The lowest BCUT2D eigenvalue weighted by atomic mass is 9.83. The number of aliphatic hydroxyl groups excluding tert-OH is 3. The average molecular weight is 326 g/mol. The summed E-state index contributed by atoms with van der Waals surface area (Å²) in [5.41, 5.74) is -1.90. The van der Waals surface area contributed by atoms with E-state index in [1.807, 2.05) is 0 Å². The fourth-order valence-corrected chi connectivity index (χ4v) is 0.802.